The van der Waals surface area contributed by atoms with Crippen molar-refractivity contribution in [3.8, 4) is 5.88 Å². The van der Waals surface area contributed by atoms with Gasteiger partial charge in [-0.15, -0.1) is 0 Å². The molecule has 1 atom stereocenters. The molecular formula is C13H24N4O. The Morgan fingerprint density at radius 3 is 2.67 bits per heavy atom. The normalized spacial score (nSPS) is 14.1. The smallest absolute Gasteiger partial charge is 0.226 e. The molecule has 0 bridgehead atoms. The SMILES string of the molecule is CCOc1cc(C)nc(NC(C)(CC)CCN)n1. The molecule has 0 spiro atoms. The number of ether oxygens (including phenoxy) is 1. The topological polar surface area (TPSA) is 73.1 Å². The van der Waals surface area contributed by atoms with Crippen LogP contribution >= 0.6 is 0 Å². The second-order valence-corrected chi connectivity index (χ2v) is 4.68. The minimum atomic E-state index is -0.0774. The molecular weight excluding hydrogens is 228 g/mol. The van der Waals surface area contributed by atoms with Crippen molar-refractivity contribution >= 4 is 5.95 Å². The molecule has 1 aromatic rings. The zero-order valence-corrected chi connectivity index (χ0v) is 11.8. The number of aryl methyl sites for hydroxylation is 1. The summed E-state index contributed by atoms with van der Waals surface area (Å²) in [5.74, 6) is 1.22. The maximum Gasteiger partial charge on any atom is 0.226 e. The summed E-state index contributed by atoms with van der Waals surface area (Å²) in [6, 6.07) is 1.83. The van der Waals surface area contributed by atoms with E-state index in [-0.39, 0.29) is 5.54 Å². The van der Waals surface area contributed by atoms with Crippen molar-refractivity contribution < 1.29 is 4.74 Å². The van der Waals surface area contributed by atoms with E-state index in [1.165, 1.54) is 0 Å². The molecule has 0 aliphatic rings. The highest BCUT2D eigenvalue weighted by molar-refractivity contribution is 5.33. The highest BCUT2D eigenvalue weighted by Gasteiger charge is 2.22. The number of hydrogen-bond acceptors (Lipinski definition) is 5. The first kappa shape index (κ1) is 14.7. The minimum Gasteiger partial charge on any atom is -0.478 e. The lowest BCUT2D eigenvalue weighted by atomic mass is 9.95. The number of nitrogens with zero attached hydrogens (tertiary/aromatic N) is 2. The van der Waals surface area contributed by atoms with Crippen molar-refractivity contribution in [3.63, 3.8) is 0 Å². The highest BCUT2D eigenvalue weighted by Crippen LogP contribution is 2.21. The van der Waals surface area contributed by atoms with Gasteiger partial charge < -0.3 is 15.8 Å². The summed E-state index contributed by atoms with van der Waals surface area (Å²) in [4.78, 5) is 8.74. The molecule has 1 aromatic heterocycles. The van der Waals surface area contributed by atoms with Gasteiger partial charge in [-0.25, -0.2) is 4.98 Å². The summed E-state index contributed by atoms with van der Waals surface area (Å²) in [6.45, 7) is 9.37. The number of hydrogen-bond donors (Lipinski definition) is 2. The fraction of sp³-hybridized carbons (Fsp3) is 0.692. The average molecular weight is 252 g/mol. The van der Waals surface area contributed by atoms with E-state index in [1.54, 1.807) is 0 Å². The highest BCUT2D eigenvalue weighted by atomic mass is 16.5. The maximum absolute atomic E-state index is 5.65. The van der Waals surface area contributed by atoms with E-state index < -0.39 is 0 Å². The Balaban J connectivity index is 2.88. The summed E-state index contributed by atoms with van der Waals surface area (Å²) in [6.07, 6.45) is 1.84. The predicted molar refractivity (Wildman–Crippen MR) is 73.9 cm³/mol. The van der Waals surface area contributed by atoms with E-state index in [2.05, 4.69) is 29.1 Å². The third-order valence-corrected chi connectivity index (χ3v) is 3.01. The van der Waals surface area contributed by atoms with Crippen LogP contribution in [0.2, 0.25) is 0 Å². The van der Waals surface area contributed by atoms with Crippen LogP contribution in [0.15, 0.2) is 6.07 Å². The Hall–Kier alpha value is -1.36. The van der Waals surface area contributed by atoms with Crippen molar-refractivity contribution in [1.82, 2.24) is 9.97 Å². The van der Waals surface area contributed by atoms with Gasteiger partial charge in [-0.05, 0) is 40.2 Å². The number of rotatable bonds is 7. The molecule has 0 amide bonds. The Kier molecular flexibility index (Phi) is 5.34. The van der Waals surface area contributed by atoms with Gasteiger partial charge in [0.05, 0.1) is 6.61 Å². The van der Waals surface area contributed by atoms with E-state index in [0.29, 0.717) is 25.0 Å². The van der Waals surface area contributed by atoms with Crippen LogP contribution in [-0.2, 0) is 0 Å². The molecule has 0 fully saturated rings. The van der Waals surface area contributed by atoms with Crippen molar-refractivity contribution in [3.05, 3.63) is 11.8 Å². The molecule has 1 heterocycles. The standard InChI is InChI=1S/C13H24N4O/c1-5-13(4,7-8-14)17-12-15-10(3)9-11(16-12)18-6-2/h9H,5-8,14H2,1-4H3,(H,15,16,17). The lowest BCUT2D eigenvalue weighted by Gasteiger charge is -2.29. The zero-order chi connectivity index (χ0) is 13.6. The second-order valence-electron chi connectivity index (χ2n) is 4.68. The molecule has 5 heteroatoms. The molecule has 1 unspecified atom stereocenters. The van der Waals surface area contributed by atoms with Gasteiger partial charge in [-0.3, -0.25) is 0 Å². The molecule has 1 rings (SSSR count). The Labute approximate surface area is 109 Å². The monoisotopic (exact) mass is 252 g/mol. The lowest BCUT2D eigenvalue weighted by Crippen LogP contribution is -2.37. The molecule has 0 saturated carbocycles. The molecule has 0 radical (unpaired) electrons. The van der Waals surface area contributed by atoms with Crippen LogP contribution in [-0.4, -0.2) is 28.7 Å². The lowest BCUT2D eigenvalue weighted by molar-refractivity contribution is 0.326. The Morgan fingerprint density at radius 2 is 2.11 bits per heavy atom. The largest absolute Gasteiger partial charge is 0.478 e. The second kappa shape index (κ2) is 6.54. The third kappa shape index (κ3) is 4.14. The summed E-state index contributed by atoms with van der Waals surface area (Å²) in [5, 5.41) is 3.36. The van der Waals surface area contributed by atoms with Crippen molar-refractivity contribution in [2.45, 2.75) is 46.1 Å². The van der Waals surface area contributed by atoms with E-state index in [0.717, 1.165) is 18.5 Å². The molecule has 5 nitrogen and oxygen atoms in total. The fourth-order valence-corrected chi connectivity index (χ4v) is 1.73. The van der Waals surface area contributed by atoms with Crippen LogP contribution in [0.1, 0.15) is 39.3 Å². The first-order valence-electron chi connectivity index (χ1n) is 6.49. The van der Waals surface area contributed by atoms with Crippen LogP contribution < -0.4 is 15.8 Å². The van der Waals surface area contributed by atoms with Gasteiger partial charge in [-0.1, -0.05) is 6.92 Å². The first-order chi connectivity index (χ1) is 8.53. The molecule has 3 N–H and O–H groups in total. The van der Waals surface area contributed by atoms with Crippen molar-refractivity contribution in [2.75, 3.05) is 18.5 Å². The van der Waals surface area contributed by atoms with Crippen molar-refractivity contribution in [2.24, 2.45) is 5.73 Å². The molecule has 0 aliphatic heterocycles. The number of nitrogens with one attached hydrogen (secondary N) is 1. The molecule has 102 valence electrons. The van der Waals surface area contributed by atoms with Crippen LogP contribution in [0.3, 0.4) is 0 Å². The molecule has 0 saturated heterocycles. The summed E-state index contributed by atoms with van der Waals surface area (Å²) in [7, 11) is 0. The average Bonchev–Trinajstić information content (AvgIpc) is 2.28. The van der Waals surface area contributed by atoms with Crippen LogP contribution in [0, 0.1) is 6.92 Å². The maximum atomic E-state index is 5.65. The molecule has 0 aliphatic carbocycles. The zero-order valence-electron chi connectivity index (χ0n) is 11.8. The van der Waals surface area contributed by atoms with E-state index in [9.17, 15) is 0 Å². The number of nitrogens with two attached hydrogens (primary N) is 1. The van der Waals surface area contributed by atoms with Gasteiger partial charge >= 0.3 is 0 Å². The summed E-state index contributed by atoms with van der Waals surface area (Å²) >= 11 is 0. The summed E-state index contributed by atoms with van der Waals surface area (Å²) < 4.78 is 5.42. The molecule has 18 heavy (non-hydrogen) atoms. The van der Waals surface area contributed by atoms with Crippen molar-refractivity contribution in [1.29, 1.82) is 0 Å². The minimum absolute atomic E-state index is 0.0774. The Morgan fingerprint density at radius 1 is 1.39 bits per heavy atom. The summed E-state index contributed by atoms with van der Waals surface area (Å²) in [5.41, 5.74) is 6.46. The first-order valence-corrected chi connectivity index (χ1v) is 6.49. The Bertz CT molecular complexity index is 383. The molecule has 0 aromatic carbocycles. The number of anilines is 1. The van der Waals surface area contributed by atoms with Gasteiger partial charge in [0.1, 0.15) is 0 Å². The number of aromatic nitrogens is 2. The third-order valence-electron chi connectivity index (χ3n) is 3.01. The van der Waals surface area contributed by atoms with E-state index in [4.69, 9.17) is 10.5 Å². The predicted octanol–water partition coefficient (Wildman–Crippen LogP) is 2.11. The quantitative estimate of drug-likeness (QED) is 0.777. The van der Waals surface area contributed by atoms with Gasteiger partial charge in [0.2, 0.25) is 11.8 Å². The fourth-order valence-electron chi connectivity index (χ4n) is 1.73. The van der Waals surface area contributed by atoms with Crippen LogP contribution in [0.25, 0.3) is 0 Å². The van der Waals surface area contributed by atoms with Crippen LogP contribution in [0.4, 0.5) is 5.95 Å². The van der Waals surface area contributed by atoms with Gasteiger partial charge in [0.15, 0.2) is 0 Å². The van der Waals surface area contributed by atoms with E-state index in [1.807, 2.05) is 19.9 Å². The van der Waals surface area contributed by atoms with Gasteiger partial charge in [0, 0.05) is 17.3 Å². The van der Waals surface area contributed by atoms with Crippen LogP contribution in [0.5, 0.6) is 5.88 Å². The van der Waals surface area contributed by atoms with Gasteiger partial charge in [0.25, 0.3) is 0 Å². The van der Waals surface area contributed by atoms with E-state index >= 15 is 0 Å². The van der Waals surface area contributed by atoms with Gasteiger partial charge in [-0.2, -0.15) is 4.98 Å².